The molecule has 8 nitrogen and oxygen atoms in total. The van der Waals surface area contributed by atoms with Crippen molar-refractivity contribution in [2.75, 3.05) is 48.6 Å². The van der Waals surface area contributed by atoms with Crippen LogP contribution in [-0.4, -0.2) is 65.4 Å². The highest BCUT2D eigenvalue weighted by atomic mass is 16.5. The van der Waals surface area contributed by atoms with E-state index < -0.39 is 12.0 Å². The Kier molecular flexibility index (Phi) is 7.02. The Bertz CT molecular complexity index is 944. The number of carbonyl (C=O) groups excluding carboxylic acids is 2. The van der Waals surface area contributed by atoms with Crippen molar-refractivity contribution in [2.24, 2.45) is 0 Å². The van der Waals surface area contributed by atoms with E-state index in [0.717, 1.165) is 5.56 Å². The number of ether oxygens (including phenoxy) is 4. The van der Waals surface area contributed by atoms with Crippen LogP contribution in [0.25, 0.3) is 0 Å². The first-order valence-corrected chi connectivity index (χ1v) is 9.90. The van der Waals surface area contributed by atoms with E-state index in [1.165, 1.54) is 14.2 Å². The fourth-order valence-electron chi connectivity index (χ4n) is 3.94. The number of nitrogens with zero attached hydrogens (tertiary/aromatic N) is 1. The number of amides is 2. The summed E-state index contributed by atoms with van der Waals surface area (Å²) in [6.07, 6.45) is 0. The first kappa shape index (κ1) is 22.4. The van der Waals surface area contributed by atoms with E-state index in [4.69, 9.17) is 18.9 Å². The summed E-state index contributed by atoms with van der Waals surface area (Å²) < 4.78 is 21.1. The molecule has 1 aliphatic heterocycles. The van der Waals surface area contributed by atoms with Crippen LogP contribution in [0.5, 0.6) is 17.2 Å². The van der Waals surface area contributed by atoms with E-state index in [-0.39, 0.29) is 11.8 Å². The zero-order valence-corrected chi connectivity index (χ0v) is 18.4. The summed E-state index contributed by atoms with van der Waals surface area (Å²) in [6, 6.07) is 10.2. The zero-order chi connectivity index (χ0) is 22.5. The van der Waals surface area contributed by atoms with E-state index in [1.54, 1.807) is 38.3 Å². The van der Waals surface area contributed by atoms with Gasteiger partial charge in [0.05, 0.1) is 39.9 Å². The van der Waals surface area contributed by atoms with Gasteiger partial charge in [-0.15, -0.1) is 0 Å². The number of rotatable bonds is 8. The Morgan fingerprint density at radius 3 is 2.23 bits per heavy atom. The number of benzene rings is 2. The van der Waals surface area contributed by atoms with Gasteiger partial charge in [-0.25, -0.2) is 0 Å². The summed E-state index contributed by atoms with van der Waals surface area (Å²) in [5.41, 5.74) is 1.83. The smallest absolute Gasteiger partial charge is 0.254 e. The first-order valence-electron chi connectivity index (χ1n) is 9.90. The number of fused-ring (bicyclic) bond motifs is 1. The Balaban J connectivity index is 2.15. The number of nitrogens with one attached hydrogen (secondary N) is 1. The maximum atomic E-state index is 13.3. The molecule has 8 heteroatoms. The predicted octanol–water partition coefficient (Wildman–Crippen LogP) is 2.39. The SMILES string of the molecule is COCCNC(=O)C1c2cc(OC)c(OC)cc2C(=O)N(C)C1c1ccc(OC)cc1. The Labute approximate surface area is 182 Å². The average Bonchev–Trinajstić information content (AvgIpc) is 2.80. The molecule has 2 aromatic rings. The standard InChI is InChI=1S/C23H28N2O6/c1-25-21(14-6-8-15(29-3)9-7-14)20(22(26)24-10-11-28-2)16-12-18(30-4)19(31-5)13-17(16)23(25)27/h6-9,12-13,20-21H,10-11H2,1-5H3,(H,24,26). The van der Waals surface area contributed by atoms with Gasteiger partial charge in [0, 0.05) is 26.3 Å². The fourth-order valence-corrected chi connectivity index (χ4v) is 3.94. The monoisotopic (exact) mass is 428 g/mol. The topological polar surface area (TPSA) is 86.3 Å². The second kappa shape index (κ2) is 9.70. The lowest BCUT2D eigenvalue weighted by Gasteiger charge is -2.40. The number of carbonyl (C=O) groups is 2. The molecule has 0 aliphatic carbocycles. The van der Waals surface area contributed by atoms with Crippen molar-refractivity contribution in [3.63, 3.8) is 0 Å². The molecule has 166 valence electrons. The van der Waals surface area contributed by atoms with Gasteiger partial charge in [0.25, 0.3) is 5.91 Å². The molecule has 0 saturated carbocycles. The maximum absolute atomic E-state index is 13.3. The normalized spacial score (nSPS) is 17.7. The summed E-state index contributed by atoms with van der Waals surface area (Å²) in [5, 5.41) is 2.92. The van der Waals surface area contributed by atoms with Gasteiger partial charge in [-0.05, 0) is 35.4 Å². The molecule has 2 unspecified atom stereocenters. The van der Waals surface area contributed by atoms with Gasteiger partial charge >= 0.3 is 0 Å². The van der Waals surface area contributed by atoms with Crippen LogP contribution < -0.4 is 19.5 Å². The average molecular weight is 428 g/mol. The minimum absolute atomic E-state index is 0.197. The predicted molar refractivity (Wildman–Crippen MR) is 115 cm³/mol. The summed E-state index contributed by atoms with van der Waals surface area (Å²) in [5.74, 6) is 0.541. The number of methoxy groups -OCH3 is 4. The van der Waals surface area contributed by atoms with Crippen molar-refractivity contribution < 1.29 is 28.5 Å². The van der Waals surface area contributed by atoms with Crippen molar-refractivity contribution in [3.8, 4) is 17.2 Å². The first-order chi connectivity index (χ1) is 15.0. The van der Waals surface area contributed by atoms with Crippen LogP contribution in [0.15, 0.2) is 36.4 Å². The van der Waals surface area contributed by atoms with Crippen LogP contribution in [0.1, 0.15) is 33.4 Å². The molecule has 0 aromatic heterocycles. The minimum Gasteiger partial charge on any atom is -0.497 e. The van der Waals surface area contributed by atoms with Crippen molar-refractivity contribution in [3.05, 3.63) is 53.1 Å². The lowest BCUT2D eigenvalue weighted by atomic mass is 9.79. The molecule has 3 rings (SSSR count). The van der Waals surface area contributed by atoms with Crippen LogP contribution in [-0.2, 0) is 9.53 Å². The van der Waals surface area contributed by atoms with Crippen molar-refractivity contribution >= 4 is 11.8 Å². The van der Waals surface area contributed by atoms with E-state index in [9.17, 15) is 9.59 Å². The summed E-state index contributed by atoms with van der Waals surface area (Å²) in [6.45, 7) is 0.751. The van der Waals surface area contributed by atoms with E-state index in [2.05, 4.69) is 5.32 Å². The third-order valence-electron chi connectivity index (χ3n) is 5.52. The molecule has 1 N–H and O–H groups in total. The van der Waals surface area contributed by atoms with Gasteiger partial charge in [-0.3, -0.25) is 9.59 Å². The highest BCUT2D eigenvalue weighted by Crippen LogP contribution is 2.45. The molecular formula is C23H28N2O6. The molecule has 0 bridgehead atoms. The van der Waals surface area contributed by atoms with E-state index >= 15 is 0 Å². The molecule has 2 aromatic carbocycles. The number of hydrogen-bond acceptors (Lipinski definition) is 6. The molecular weight excluding hydrogens is 400 g/mol. The van der Waals surface area contributed by atoms with Gasteiger partial charge in [0.1, 0.15) is 5.75 Å². The van der Waals surface area contributed by atoms with Crippen LogP contribution in [0.2, 0.25) is 0 Å². The van der Waals surface area contributed by atoms with E-state index in [0.29, 0.717) is 41.5 Å². The van der Waals surface area contributed by atoms with Crippen molar-refractivity contribution in [1.29, 1.82) is 0 Å². The van der Waals surface area contributed by atoms with Crippen LogP contribution in [0.4, 0.5) is 0 Å². The van der Waals surface area contributed by atoms with Crippen LogP contribution >= 0.6 is 0 Å². The molecule has 31 heavy (non-hydrogen) atoms. The largest absolute Gasteiger partial charge is 0.497 e. The van der Waals surface area contributed by atoms with E-state index in [1.807, 2.05) is 24.3 Å². The lowest BCUT2D eigenvalue weighted by molar-refractivity contribution is -0.124. The van der Waals surface area contributed by atoms with Gasteiger partial charge in [-0.2, -0.15) is 0 Å². The molecule has 2 amide bonds. The highest BCUT2D eigenvalue weighted by Gasteiger charge is 2.43. The third kappa shape index (κ3) is 4.29. The molecule has 0 fully saturated rings. The van der Waals surface area contributed by atoms with Crippen LogP contribution in [0.3, 0.4) is 0 Å². The molecule has 1 heterocycles. The second-order valence-corrected chi connectivity index (χ2v) is 7.19. The van der Waals surface area contributed by atoms with Crippen molar-refractivity contribution in [1.82, 2.24) is 10.2 Å². The van der Waals surface area contributed by atoms with Crippen LogP contribution in [0, 0.1) is 0 Å². The zero-order valence-electron chi connectivity index (χ0n) is 18.4. The number of hydrogen-bond donors (Lipinski definition) is 1. The maximum Gasteiger partial charge on any atom is 0.254 e. The third-order valence-corrected chi connectivity index (χ3v) is 5.52. The molecule has 0 spiro atoms. The fraction of sp³-hybridized carbons (Fsp3) is 0.391. The van der Waals surface area contributed by atoms with Gasteiger partial charge in [0.15, 0.2) is 11.5 Å². The molecule has 0 radical (unpaired) electrons. The minimum atomic E-state index is -0.650. The molecule has 1 aliphatic rings. The van der Waals surface area contributed by atoms with Gasteiger partial charge in [-0.1, -0.05) is 12.1 Å². The van der Waals surface area contributed by atoms with Gasteiger partial charge < -0.3 is 29.2 Å². The quantitative estimate of drug-likeness (QED) is 0.650. The Morgan fingerprint density at radius 2 is 1.65 bits per heavy atom. The lowest BCUT2D eigenvalue weighted by Crippen LogP contribution is -2.46. The molecule has 0 saturated heterocycles. The summed E-state index contributed by atoms with van der Waals surface area (Å²) in [7, 11) is 7.90. The Morgan fingerprint density at radius 1 is 1.00 bits per heavy atom. The van der Waals surface area contributed by atoms with Gasteiger partial charge in [0.2, 0.25) is 5.91 Å². The second-order valence-electron chi connectivity index (χ2n) is 7.19. The number of likely N-dealkylation sites (N-methyl/N-ethyl adjacent to an activating group) is 1. The summed E-state index contributed by atoms with van der Waals surface area (Å²) in [4.78, 5) is 28.2. The van der Waals surface area contributed by atoms with Crippen molar-refractivity contribution in [2.45, 2.75) is 12.0 Å². The summed E-state index contributed by atoms with van der Waals surface area (Å²) >= 11 is 0. The Hall–Kier alpha value is -3.26. The highest BCUT2D eigenvalue weighted by molar-refractivity contribution is 6.02. The molecule has 2 atom stereocenters.